The van der Waals surface area contributed by atoms with Crippen LogP contribution in [0.3, 0.4) is 0 Å². The number of rotatable bonds is 11. The summed E-state index contributed by atoms with van der Waals surface area (Å²) in [5.74, 6) is 0.993. The van der Waals surface area contributed by atoms with Gasteiger partial charge in [0.25, 0.3) is 11.5 Å². The van der Waals surface area contributed by atoms with E-state index in [0.29, 0.717) is 18.7 Å². The summed E-state index contributed by atoms with van der Waals surface area (Å²) in [6, 6.07) is 2.34. The minimum atomic E-state index is -1.35. The van der Waals surface area contributed by atoms with Gasteiger partial charge in [-0.3, -0.25) is 19.0 Å². The first-order valence-corrected chi connectivity index (χ1v) is 11.7. The maximum atomic E-state index is 13.2. The molecule has 0 bridgehead atoms. The predicted octanol–water partition coefficient (Wildman–Crippen LogP) is 0.552. The van der Waals surface area contributed by atoms with Gasteiger partial charge in [0.2, 0.25) is 5.91 Å². The number of amides is 2. The Morgan fingerprint density at radius 2 is 2.24 bits per heavy atom. The van der Waals surface area contributed by atoms with Crippen LogP contribution in [0.5, 0.6) is 0 Å². The van der Waals surface area contributed by atoms with Gasteiger partial charge in [-0.2, -0.15) is 0 Å². The Morgan fingerprint density at radius 1 is 1.46 bits per heavy atom. The highest BCUT2D eigenvalue weighted by molar-refractivity contribution is 5.85. The van der Waals surface area contributed by atoms with Gasteiger partial charge in [0.05, 0.1) is 6.61 Å². The van der Waals surface area contributed by atoms with E-state index in [1.807, 2.05) is 0 Å². The maximum absolute atomic E-state index is 13.2. The van der Waals surface area contributed by atoms with Crippen LogP contribution in [-0.4, -0.2) is 51.8 Å². The summed E-state index contributed by atoms with van der Waals surface area (Å²) < 4.78 is 10.9. The van der Waals surface area contributed by atoms with E-state index in [2.05, 4.69) is 27.0 Å². The molecule has 1 saturated heterocycles. The molecule has 2 aromatic heterocycles. The Morgan fingerprint density at radius 3 is 2.86 bits per heavy atom. The molecule has 0 aromatic carbocycles. The van der Waals surface area contributed by atoms with Crippen LogP contribution in [0.15, 0.2) is 45.9 Å². The highest BCUT2D eigenvalue weighted by Crippen LogP contribution is 2.18. The molecule has 1 aliphatic heterocycles. The lowest BCUT2D eigenvalue weighted by molar-refractivity contribution is -0.137. The van der Waals surface area contributed by atoms with Crippen molar-refractivity contribution >= 4 is 23.5 Å². The number of anilines is 1. The zero-order valence-corrected chi connectivity index (χ0v) is 20.5. The molecule has 3 heterocycles. The predicted molar refractivity (Wildman–Crippen MR) is 132 cm³/mol. The number of aliphatic hydroxyl groups is 1. The number of pyridine rings is 1. The van der Waals surface area contributed by atoms with Crippen molar-refractivity contribution in [2.45, 2.75) is 45.0 Å². The van der Waals surface area contributed by atoms with Crippen LogP contribution in [0.2, 0.25) is 0 Å². The summed E-state index contributed by atoms with van der Waals surface area (Å²) >= 11 is 0. The van der Waals surface area contributed by atoms with Crippen molar-refractivity contribution in [2.24, 2.45) is 5.92 Å². The molecular weight excluding hydrogens is 482 g/mol. The molecule has 196 valence electrons. The van der Waals surface area contributed by atoms with Gasteiger partial charge in [0.15, 0.2) is 12.3 Å². The van der Waals surface area contributed by atoms with Gasteiger partial charge in [-0.1, -0.05) is 17.2 Å². The van der Waals surface area contributed by atoms with E-state index in [1.54, 1.807) is 13.8 Å². The van der Waals surface area contributed by atoms with Crippen molar-refractivity contribution in [1.29, 1.82) is 0 Å². The molecule has 4 N–H and O–H groups in total. The average molecular weight is 512 g/mol. The molecule has 4 atom stereocenters. The SMILES string of the molecule is C#C[C@@H](C(=O)N[C@H](/C=C/C(=O)OCC)C[C@@H]1CCNC1=O)n1cccc(NC(O)c2cc(C)on2)c1=O. The monoisotopic (exact) mass is 511 g/mol. The van der Waals surface area contributed by atoms with Gasteiger partial charge >= 0.3 is 5.97 Å². The summed E-state index contributed by atoms with van der Waals surface area (Å²) in [5.41, 5.74) is -0.510. The number of carbonyl (C=O) groups is 3. The fourth-order valence-corrected chi connectivity index (χ4v) is 3.85. The number of nitrogens with zero attached hydrogens (tertiary/aromatic N) is 2. The molecule has 1 fully saturated rings. The average Bonchev–Trinajstić information content (AvgIpc) is 3.48. The van der Waals surface area contributed by atoms with E-state index in [9.17, 15) is 24.3 Å². The number of carbonyl (C=O) groups excluding carboxylic acids is 3. The number of esters is 1. The van der Waals surface area contributed by atoms with Gasteiger partial charge in [-0.15, -0.1) is 6.42 Å². The fourth-order valence-electron chi connectivity index (χ4n) is 3.85. The number of aromatic nitrogens is 2. The van der Waals surface area contributed by atoms with Gasteiger partial charge < -0.3 is 30.3 Å². The molecular formula is C25H29N5O7. The third kappa shape index (κ3) is 7.08. The Hall–Kier alpha value is -4.37. The lowest BCUT2D eigenvalue weighted by Gasteiger charge is -2.21. The summed E-state index contributed by atoms with van der Waals surface area (Å²) in [4.78, 5) is 50.1. The fraction of sp³-hybridized carbons (Fsp3) is 0.400. The number of aliphatic hydroxyl groups excluding tert-OH is 1. The van der Waals surface area contributed by atoms with Crippen LogP contribution in [0, 0.1) is 25.2 Å². The normalized spacial score (nSPS) is 17.5. The topological polar surface area (TPSA) is 165 Å². The quantitative estimate of drug-likeness (QED) is 0.146. The Bertz CT molecular complexity index is 1260. The number of aryl methyl sites for hydroxylation is 1. The van der Waals surface area contributed by atoms with E-state index in [-0.39, 0.29) is 36.2 Å². The van der Waals surface area contributed by atoms with Gasteiger partial charge in [-0.05, 0) is 38.8 Å². The minimum Gasteiger partial charge on any atom is -0.463 e. The highest BCUT2D eigenvalue weighted by atomic mass is 16.5. The minimum absolute atomic E-state index is 0.0231. The third-order valence-corrected chi connectivity index (χ3v) is 5.66. The first kappa shape index (κ1) is 27.2. The van der Waals surface area contributed by atoms with E-state index in [0.717, 1.165) is 4.57 Å². The molecule has 1 aliphatic rings. The van der Waals surface area contributed by atoms with Crippen molar-refractivity contribution in [3.8, 4) is 12.3 Å². The van der Waals surface area contributed by atoms with Gasteiger partial charge in [-0.25, -0.2) is 4.79 Å². The molecule has 0 radical (unpaired) electrons. The second-order valence-corrected chi connectivity index (χ2v) is 8.35. The van der Waals surface area contributed by atoms with Crippen LogP contribution in [0.4, 0.5) is 5.69 Å². The molecule has 2 amide bonds. The molecule has 37 heavy (non-hydrogen) atoms. The summed E-state index contributed by atoms with van der Waals surface area (Å²) in [5, 5.41) is 22.1. The molecule has 0 saturated carbocycles. The van der Waals surface area contributed by atoms with Crippen molar-refractivity contribution in [3.63, 3.8) is 0 Å². The Kier molecular flexibility index (Phi) is 9.23. The number of nitrogens with one attached hydrogen (secondary N) is 3. The van der Waals surface area contributed by atoms with Gasteiger partial charge in [0, 0.05) is 36.8 Å². The molecule has 12 nitrogen and oxygen atoms in total. The zero-order chi connectivity index (χ0) is 26.9. The summed E-state index contributed by atoms with van der Waals surface area (Å²) in [6.07, 6.45) is 9.05. The molecule has 0 spiro atoms. The van der Waals surface area contributed by atoms with Crippen molar-refractivity contribution < 1.29 is 28.8 Å². The van der Waals surface area contributed by atoms with Crippen molar-refractivity contribution in [1.82, 2.24) is 20.4 Å². The standard InChI is InChI=1S/C25H29N5O7/c1-4-20(30-12-6-7-18(25(30)35)28-23(33)19-13-15(3)37-29-19)24(34)27-17(8-9-21(31)36-5-2)14-16-10-11-26-22(16)32/h1,6-9,12-13,16-17,20,23,28,33H,5,10-11,14H2,2-3H3,(H,26,32)(H,27,34)/b9-8+/t16-,17+,20-,23?/m0/s1. The van der Waals surface area contributed by atoms with Gasteiger partial charge in [0.1, 0.15) is 17.1 Å². The number of hydrogen-bond acceptors (Lipinski definition) is 9. The third-order valence-electron chi connectivity index (χ3n) is 5.66. The molecule has 1 unspecified atom stereocenters. The van der Waals surface area contributed by atoms with Crippen LogP contribution < -0.4 is 21.5 Å². The maximum Gasteiger partial charge on any atom is 0.330 e. The molecule has 2 aromatic rings. The molecule has 3 rings (SSSR count). The van der Waals surface area contributed by atoms with Crippen LogP contribution in [0.1, 0.15) is 43.5 Å². The van der Waals surface area contributed by atoms with E-state index >= 15 is 0 Å². The summed E-state index contributed by atoms with van der Waals surface area (Å²) in [6.45, 7) is 4.03. The second kappa shape index (κ2) is 12.5. The second-order valence-electron chi connectivity index (χ2n) is 8.35. The Labute approximate surface area is 213 Å². The van der Waals surface area contributed by atoms with Crippen LogP contribution in [0.25, 0.3) is 0 Å². The lowest BCUT2D eigenvalue weighted by Crippen LogP contribution is -2.42. The molecule has 12 heteroatoms. The smallest absolute Gasteiger partial charge is 0.330 e. The number of hydrogen-bond donors (Lipinski definition) is 4. The summed E-state index contributed by atoms with van der Waals surface area (Å²) in [7, 11) is 0. The van der Waals surface area contributed by atoms with Crippen molar-refractivity contribution in [2.75, 3.05) is 18.5 Å². The highest BCUT2D eigenvalue weighted by Gasteiger charge is 2.29. The first-order chi connectivity index (χ1) is 17.7. The van der Waals surface area contributed by atoms with Crippen molar-refractivity contribution in [3.05, 3.63) is 58.4 Å². The van der Waals surface area contributed by atoms with E-state index in [1.165, 1.54) is 36.5 Å². The largest absolute Gasteiger partial charge is 0.463 e. The molecule has 0 aliphatic carbocycles. The number of ether oxygens (including phenoxy) is 1. The van der Waals surface area contributed by atoms with E-state index < -0.39 is 35.7 Å². The van der Waals surface area contributed by atoms with Crippen LogP contribution >= 0.6 is 0 Å². The first-order valence-electron chi connectivity index (χ1n) is 11.7. The zero-order valence-electron chi connectivity index (χ0n) is 20.5. The number of terminal acetylenes is 1. The lowest BCUT2D eigenvalue weighted by atomic mass is 9.97. The Balaban J connectivity index is 1.79. The van der Waals surface area contributed by atoms with Crippen LogP contribution in [-0.2, 0) is 19.1 Å². The van der Waals surface area contributed by atoms with E-state index in [4.69, 9.17) is 15.7 Å².